The molecule has 0 spiro atoms. The van der Waals surface area contributed by atoms with Crippen molar-refractivity contribution >= 4 is 29.0 Å². The molecule has 118 valence electrons. The van der Waals surface area contributed by atoms with Crippen molar-refractivity contribution < 1.29 is 19.1 Å². The molecule has 2 atom stereocenters. The summed E-state index contributed by atoms with van der Waals surface area (Å²) in [6, 6.07) is -0.471. The van der Waals surface area contributed by atoms with Gasteiger partial charge in [-0.3, -0.25) is 14.5 Å². The first-order chi connectivity index (χ1) is 9.78. The molecule has 7 heteroatoms. The van der Waals surface area contributed by atoms with Gasteiger partial charge in [-0.2, -0.15) is 0 Å². The van der Waals surface area contributed by atoms with Crippen LogP contribution in [0.1, 0.15) is 46.5 Å². The predicted molar refractivity (Wildman–Crippen MR) is 80.1 cm³/mol. The summed E-state index contributed by atoms with van der Waals surface area (Å²) < 4.78 is 5.26. The van der Waals surface area contributed by atoms with Crippen LogP contribution in [0.15, 0.2) is 0 Å². The Labute approximate surface area is 129 Å². The number of hydrogen-bond donors (Lipinski definition) is 1. The fourth-order valence-corrected chi connectivity index (χ4v) is 3.49. The zero-order chi connectivity index (χ0) is 15.6. The highest BCUT2D eigenvalue weighted by Gasteiger charge is 2.41. The van der Waals surface area contributed by atoms with Crippen molar-refractivity contribution in [3.8, 4) is 0 Å². The number of nitrogens with zero attached hydrogens (tertiary/aromatic N) is 1. The number of carbonyl (C=O) groups is 3. The standard InChI is InChI=1S/C14H22N2O4S/c1-14(2,3)20-12(18)15-9-6-4-5-7-10(9)16-11(17)8-21-13(16)19/h9-10H,4-8H2,1-3H3,(H,15,18)/t9-,10-/m1/s1. The number of imide groups is 1. The molecule has 1 aliphatic heterocycles. The first-order valence-corrected chi connectivity index (χ1v) is 8.25. The number of carbonyl (C=O) groups excluding carboxylic acids is 3. The summed E-state index contributed by atoms with van der Waals surface area (Å²) in [5.74, 6) is 0.0435. The third-order valence-electron chi connectivity index (χ3n) is 3.55. The molecule has 1 aliphatic carbocycles. The molecule has 1 saturated carbocycles. The molecular formula is C14H22N2O4S. The summed E-state index contributed by atoms with van der Waals surface area (Å²) in [5.41, 5.74) is -0.566. The second-order valence-corrected chi connectivity index (χ2v) is 7.35. The van der Waals surface area contributed by atoms with E-state index in [-0.39, 0.29) is 29.0 Å². The first kappa shape index (κ1) is 16.1. The molecule has 2 aliphatic rings. The molecule has 0 radical (unpaired) electrons. The van der Waals surface area contributed by atoms with Gasteiger partial charge in [-0.1, -0.05) is 24.6 Å². The minimum absolute atomic E-state index is 0.159. The van der Waals surface area contributed by atoms with Gasteiger partial charge in [0.1, 0.15) is 5.60 Å². The van der Waals surface area contributed by atoms with E-state index in [1.807, 2.05) is 0 Å². The zero-order valence-electron chi connectivity index (χ0n) is 12.7. The van der Waals surface area contributed by atoms with Crippen molar-refractivity contribution in [3.05, 3.63) is 0 Å². The van der Waals surface area contributed by atoms with Gasteiger partial charge in [0.2, 0.25) is 5.91 Å². The van der Waals surface area contributed by atoms with E-state index in [1.165, 1.54) is 4.90 Å². The topological polar surface area (TPSA) is 75.7 Å². The molecule has 0 bridgehead atoms. The van der Waals surface area contributed by atoms with Crippen molar-refractivity contribution in [1.82, 2.24) is 10.2 Å². The van der Waals surface area contributed by atoms with Crippen molar-refractivity contribution in [2.24, 2.45) is 0 Å². The van der Waals surface area contributed by atoms with Crippen LogP contribution in [0.3, 0.4) is 0 Å². The summed E-state index contributed by atoms with van der Waals surface area (Å²) in [4.78, 5) is 37.0. The SMILES string of the molecule is CC(C)(C)OC(=O)N[C@@H]1CCCC[C@H]1N1C(=O)CSC1=O. The number of ether oxygens (including phenoxy) is 1. The molecule has 0 aromatic carbocycles. The van der Waals surface area contributed by atoms with E-state index < -0.39 is 11.7 Å². The van der Waals surface area contributed by atoms with E-state index >= 15 is 0 Å². The molecular weight excluding hydrogens is 292 g/mol. The van der Waals surface area contributed by atoms with Crippen LogP contribution < -0.4 is 5.32 Å². The second kappa shape index (κ2) is 6.25. The number of amides is 3. The number of rotatable bonds is 2. The molecule has 0 unspecified atom stereocenters. The molecule has 2 rings (SSSR count). The Kier molecular flexibility index (Phi) is 4.81. The van der Waals surface area contributed by atoms with Gasteiger partial charge in [0.15, 0.2) is 0 Å². The molecule has 2 fully saturated rings. The van der Waals surface area contributed by atoms with Crippen molar-refractivity contribution in [2.45, 2.75) is 64.1 Å². The van der Waals surface area contributed by atoms with Crippen LogP contribution >= 0.6 is 11.8 Å². The second-order valence-electron chi connectivity index (χ2n) is 6.42. The Bertz CT molecular complexity index is 431. The van der Waals surface area contributed by atoms with E-state index in [1.54, 1.807) is 20.8 Å². The molecule has 1 saturated heterocycles. The maximum absolute atomic E-state index is 11.9. The molecule has 6 nitrogen and oxygen atoms in total. The fourth-order valence-electron chi connectivity index (χ4n) is 2.73. The molecule has 1 heterocycles. The Balaban J connectivity index is 2.04. The maximum atomic E-state index is 11.9. The summed E-state index contributed by atoms with van der Waals surface area (Å²) in [5, 5.41) is 2.62. The van der Waals surface area contributed by atoms with Crippen LogP contribution in [-0.4, -0.2) is 45.6 Å². The van der Waals surface area contributed by atoms with Gasteiger partial charge in [-0.15, -0.1) is 0 Å². The molecule has 0 aromatic rings. The lowest BCUT2D eigenvalue weighted by Gasteiger charge is -2.37. The molecule has 21 heavy (non-hydrogen) atoms. The fraction of sp³-hybridized carbons (Fsp3) is 0.786. The number of hydrogen-bond acceptors (Lipinski definition) is 5. The van der Waals surface area contributed by atoms with Crippen LogP contribution in [-0.2, 0) is 9.53 Å². The Morgan fingerprint density at radius 2 is 1.95 bits per heavy atom. The lowest BCUT2D eigenvalue weighted by molar-refractivity contribution is -0.127. The van der Waals surface area contributed by atoms with Gasteiger partial charge in [0.05, 0.1) is 17.8 Å². The highest BCUT2D eigenvalue weighted by Crippen LogP contribution is 2.30. The monoisotopic (exact) mass is 314 g/mol. The smallest absolute Gasteiger partial charge is 0.407 e. The molecule has 1 N–H and O–H groups in total. The number of thioether (sulfide) groups is 1. The van der Waals surface area contributed by atoms with E-state index in [0.717, 1.165) is 37.4 Å². The Morgan fingerprint density at radius 3 is 2.52 bits per heavy atom. The minimum atomic E-state index is -0.566. The summed E-state index contributed by atoms with van der Waals surface area (Å²) in [6.45, 7) is 5.40. The maximum Gasteiger partial charge on any atom is 0.407 e. The van der Waals surface area contributed by atoms with Crippen LogP contribution in [0.25, 0.3) is 0 Å². The number of nitrogens with one attached hydrogen (secondary N) is 1. The third kappa shape index (κ3) is 4.12. The lowest BCUT2D eigenvalue weighted by Crippen LogP contribution is -2.55. The van der Waals surface area contributed by atoms with Gasteiger partial charge in [-0.05, 0) is 33.6 Å². The normalized spacial score (nSPS) is 26.9. The van der Waals surface area contributed by atoms with Gasteiger partial charge in [0, 0.05) is 0 Å². The van der Waals surface area contributed by atoms with Gasteiger partial charge in [-0.25, -0.2) is 4.79 Å². The average Bonchev–Trinajstić information content (AvgIpc) is 2.68. The highest BCUT2D eigenvalue weighted by molar-refractivity contribution is 8.14. The van der Waals surface area contributed by atoms with Crippen LogP contribution in [0.4, 0.5) is 9.59 Å². The Morgan fingerprint density at radius 1 is 1.29 bits per heavy atom. The van der Waals surface area contributed by atoms with Crippen LogP contribution in [0, 0.1) is 0 Å². The lowest BCUT2D eigenvalue weighted by atomic mass is 9.89. The van der Waals surface area contributed by atoms with Crippen LogP contribution in [0.5, 0.6) is 0 Å². The summed E-state index contributed by atoms with van der Waals surface area (Å²) >= 11 is 1.03. The Hall–Kier alpha value is -1.24. The average molecular weight is 314 g/mol. The van der Waals surface area contributed by atoms with Gasteiger partial charge >= 0.3 is 6.09 Å². The first-order valence-electron chi connectivity index (χ1n) is 7.26. The van der Waals surface area contributed by atoms with Gasteiger partial charge in [0.25, 0.3) is 5.24 Å². The third-order valence-corrected chi connectivity index (χ3v) is 4.38. The molecule has 3 amide bonds. The van der Waals surface area contributed by atoms with E-state index in [0.29, 0.717) is 0 Å². The van der Waals surface area contributed by atoms with Crippen LogP contribution in [0.2, 0.25) is 0 Å². The quantitative estimate of drug-likeness (QED) is 0.847. The number of alkyl carbamates (subject to hydrolysis) is 1. The van der Waals surface area contributed by atoms with E-state index in [9.17, 15) is 14.4 Å². The van der Waals surface area contributed by atoms with Gasteiger partial charge < -0.3 is 10.1 Å². The predicted octanol–water partition coefficient (Wildman–Crippen LogP) is 2.52. The van der Waals surface area contributed by atoms with E-state index in [4.69, 9.17) is 4.74 Å². The largest absolute Gasteiger partial charge is 0.444 e. The molecule has 0 aromatic heterocycles. The zero-order valence-corrected chi connectivity index (χ0v) is 13.5. The minimum Gasteiger partial charge on any atom is -0.444 e. The van der Waals surface area contributed by atoms with Crippen molar-refractivity contribution in [3.63, 3.8) is 0 Å². The highest BCUT2D eigenvalue weighted by atomic mass is 32.2. The van der Waals surface area contributed by atoms with Crippen molar-refractivity contribution in [1.29, 1.82) is 0 Å². The van der Waals surface area contributed by atoms with E-state index in [2.05, 4.69) is 5.32 Å². The summed E-state index contributed by atoms with van der Waals surface area (Å²) in [6.07, 6.45) is 2.93. The van der Waals surface area contributed by atoms with Crippen molar-refractivity contribution in [2.75, 3.05) is 5.75 Å². The summed E-state index contributed by atoms with van der Waals surface area (Å²) in [7, 11) is 0.